The van der Waals surface area contributed by atoms with E-state index in [1.807, 2.05) is 0 Å². The number of carbonyl (C=O) groups is 4. The summed E-state index contributed by atoms with van der Waals surface area (Å²) in [6.07, 6.45) is 1.96. The Morgan fingerprint density at radius 3 is 2.57 bits per heavy atom. The van der Waals surface area contributed by atoms with Crippen molar-refractivity contribution in [3.63, 3.8) is 0 Å². The Kier molecular flexibility index (Phi) is 9.01. The van der Waals surface area contributed by atoms with Crippen molar-refractivity contribution >= 4 is 70.1 Å². The number of allylic oxidation sites excluding steroid dienone is 1. The minimum absolute atomic E-state index is 0. The Hall–Kier alpha value is -2.90. The molecule has 11 nitrogen and oxygen atoms in total. The Balaban J connectivity index is 0.000000291. The summed E-state index contributed by atoms with van der Waals surface area (Å²) >= 11 is 2.71. The molecular weight excluding hydrogens is 458 g/mol. The number of thiazole rings is 1. The number of rotatable bonds is 5. The quantitative estimate of drug-likeness (QED) is 0.239. The van der Waals surface area contributed by atoms with Gasteiger partial charge in [0.2, 0.25) is 5.91 Å². The Morgan fingerprint density at radius 2 is 2.13 bits per heavy atom. The predicted octanol–water partition coefficient (Wildman–Crippen LogP) is 0.716. The van der Waals surface area contributed by atoms with Crippen molar-refractivity contribution in [3.8, 4) is 0 Å². The molecule has 5 N–H and O–H groups in total. The van der Waals surface area contributed by atoms with Crippen LogP contribution in [-0.2, 0) is 24.0 Å². The summed E-state index contributed by atoms with van der Waals surface area (Å²) in [6, 6.07) is 0. The van der Waals surface area contributed by atoms with Gasteiger partial charge in [-0.15, -0.1) is 35.5 Å². The molecule has 0 spiro atoms. The van der Waals surface area contributed by atoms with Gasteiger partial charge in [-0.05, 0) is 5.57 Å². The number of anilines is 1. The maximum Gasteiger partial charge on any atom is 0.352 e. The van der Waals surface area contributed by atoms with Gasteiger partial charge in [0, 0.05) is 18.1 Å². The lowest BCUT2D eigenvalue weighted by molar-refractivity contribution is -0.146. The van der Waals surface area contributed by atoms with Crippen LogP contribution in [-0.4, -0.2) is 55.6 Å². The molecule has 0 bridgehead atoms. The summed E-state index contributed by atoms with van der Waals surface area (Å²) in [6.45, 7) is 4.70. The van der Waals surface area contributed by atoms with Gasteiger partial charge >= 0.3 is 11.9 Å². The lowest BCUT2D eigenvalue weighted by Crippen LogP contribution is -2.53. The highest BCUT2D eigenvalue weighted by Gasteiger charge is 2.44. The third-order valence-corrected chi connectivity index (χ3v) is 5.51. The zero-order chi connectivity index (χ0) is 21.7. The molecule has 0 radical (unpaired) electrons. The first-order chi connectivity index (χ1) is 13.6. The van der Waals surface area contributed by atoms with E-state index in [2.05, 4.69) is 21.6 Å². The fraction of sp³-hybridized carbons (Fsp3) is 0.250. The largest absolute Gasteiger partial charge is 0.477 e. The molecule has 3 heterocycles. The topological polar surface area (TPSA) is 178 Å². The second-order valence-corrected chi connectivity index (χ2v) is 7.63. The van der Waals surface area contributed by atoms with Crippen molar-refractivity contribution in [2.24, 2.45) is 10.9 Å². The van der Waals surface area contributed by atoms with Gasteiger partial charge in [-0.3, -0.25) is 14.5 Å². The van der Waals surface area contributed by atoms with Gasteiger partial charge in [0.25, 0.3) is 5.91 Å². The number of primary amides is 1. The Morgan fingerprint density at radius 1 is 1.47 bits per heavy atom. The molecule has 1 atom stereocenters. The van der Waals surface area contributed by atoms with E-state index in [4.69, 9.17) is 16.6 Å². The molecule has 162 valence electrons. The zero-order valence-electron chi connectivity index (χ0n) is 15.6. The minimum Gasteiger partial charge on any atom is -0.477 e. The molecular formula is C16H18ClN5O6S2. The number of nitrogens with two attached hydrogens (primary N) is 2. The van der Waals surface area contributed by atoms with Crippen molar-refractivity contribution in [2.45, 2.75) is 18.7 Å². The SMILES string of the molecule is C=CC1=C(C(=O)O)N2C(=O)C[C@@H]2SC1.CC(=O)O/N=C(\C(N)=O)c1csc(N)n1.Cl. The van der Waals surface area contributed by atoms with E-state index in [0.717, 1.165) is 18.3 Å². The molecule has 0 saturated carbocycles. The number of hydrogen-bond donors (Lipinski definition) is 3. The van der Waals surface area contributed by atoms with Crippen LogP contribution in [0.5, 0.6) is 0 Å². The van der Waals surface area contributed by atoms with Gasteiger partial charge < -0.3 is 21.4 Å². The molecule has 2 aliphatic heterocycles. The fourth-order valence-electron chi connectivity index (χ4n) is 2.32. The summed E-state index contributed by atoms with van der Waals surface area (Å²) in [5, 5.41) is 14.0. The number of halogens is 1. The molecule has 0 aliphatic carbocycles. The second kappa shape index (κ2) is 10.8. The number of amides is 2. The van der Waals surface area contributed by atoms with Crippen LogP contribution in [0.4, 0.5) is 5.13 Å². The summed E-state index contributed by atoms with van der Waals surface area (Å²) < 4.78 is 0. The Labute approximate surface area is 185 Å². The lowest BCUT2D eigenvalue weighted by atomic mass is 10.1. The van der Waals surface area contributed by atoms with Crippen molar-refractivity contribution in [2.75, 3.05) is 11.5 Å². The molecule has 2 amide bonds. The molecule has 3 rings (SSSR count). The highest BCUT2D eigenvalue weighted by atomic mass is 35.5. The first-order valence-corrected chi connectivity index (χ1v) is 9.87. The highest BCUT2D eigenvalue weighted by molar-refractivity contribution is 8.00. The summed E-state index contributed by atoms with van der Waals surface area (Å²) in [5.41, 5.74) is 11.1. The summed E-state index contributed by atoms with van der Waals surface area (Å²) in [4.78, 5) is 53.0. The van der Waals surface area contributed by atoms with Crippen molar-refractivity contribution in [1.29, 1.82) is 0 Å². The average molecular weight is 476 g/mol. The number of aliphatic carboxylic acids is 1. The minimum atomic E-state index is -1.04. The van der Waals surface area contributed by atoms with Gasteiger partial charge in [-0.25, -0.2) is 14.6 Å². The van der Waals surface area contributed by atoms with E-state index < -0.39 is 17.8 Å². The van der Waals surface area contributed by atoms with Crippen molar-refractivity contribution < 1.29 is 29.1 Å². The molecule has 0 unspecified atom stereocenters. The highest BCUT2D eigenvalue weighted by Crippen LogP contribution is 2.39. The van der Waals surface area contributed by atoms with E-state index in [1.165, 1.54) is 16.4 Å². The number of fused-ring (bicyclic) bond motifs is 1. The van der Waals surface area contributed by atoms with Crippen LogP contribution in [0.25, 0.3) is 0 Å². The third kappa shape index (κ3) is 5.81. The number of thioether (sulfide) groups is 1. The smallest absolute Gasteiger partial charge is 0.352 e. The summed E-state index contributed by atoms with van der Waals surface area (Å²) in [7, 11) is 0. The average Bonchev–Trinajstić information content (AvgIpc) is 3.06. The molecule has 30 heavy (non-hydrogen) atoms. The number of hydrogen-bond acceptors (Lipinski definition) is 10. The van der Waals surface area contributed by atoms with Crippen LogP contribution < -0.4 is 11.5 Å². The van der Waals surface area contributed by atoms with Crippen LogP contribution in [0.2, 0.25) is 0 Å². The van der Waals surface area contributed by atoms with Gasteiger partial charge in [-0.2, -0.15) is 0 Å². The molecule has 0 aromatic carbocycles. The van der Waals surface area contributed by atoms with Gasteiger partial charge in [0.15, 0.2) is 10.8 Å². The van der Waals surface area contributed by atoms with E-state index in [0.29, 0.717) is 17.7 Å². The molecule has 1 fully saturated rings. The van der Waals surface area contributed by atoms with Crippen LogP contribution in [0.1, 0.15) is 19.0 Å². The fourth-order valence-corrected chi connectivity index (χ4v) is 4.13. The Bertz CT molecular complexity index is 944. The van der Waals surface area contributed by atoms with Crippen LogP contribution >= 0.6 is 35.5 Å². The standard InChI is InChI=1S/C9H9NO3S.C7H8N4O3S.ClH/c1-2-5-4-14-7-3-6(11)10(7)8(5)9(12)13;1-3(12)14-11-5(6(8)13)4-2-15-7(9)10-4;/h2,7H,1,3-4H2,(H,12,13);2H,1H3,(H2,8,13)(H2,9,10);1H/b;11-5-;/t7-;;/m0../s1. The second-order valence-electron chi connectivity index (χ2n) is 5.57. The van der Waals surface area contributed by atoms with Crippen LogP contribution in [0.15, 0.2) is 34.5 Å². The van der Waals surface area contributed by atoms with Crippen molar-refractivity contribution in [3.05, 3.63) is 35.0 Å². The maximum absolute atomic E-state index is 11.2. The third-order valence-electron chi connectivity index (χ3n) is 3.59. The maximum atomic E-state index is 11.2. The number of nitrogen functional groups attached to an aromatic ring is 1. The number of nitrogens with zero attached hydrogens (tertiary/aromatic N) is 3. The molecule has 2 aliphatic rings. The first-order valence-electron chi connectivity index (χ1n) is 7.95. The van der Waals surface area contributed by atoms with Crippen molar-refractivity contribution in [1.82, 2.24) is 9.88 Å². The lowest BCUT2D eigenvalue weighted by Gasteiger charge is -2.43. The number of oxime groups is 1. The normalized spacial score (nSPS) is 17.5. The number of β-lactam (4-membered cyclic amide) rings is 1. The van der Waals surface area contributed by atoms with Gasteiger partial charge in [0.1, 0.15) is 11.4 Å². The monoisotopic (exact) mass is 475 g/mol. The van der Waals surface area contributed by atoms with Crippen LogP contribution in [0.3, 0.4) is 0 Å². The molecule has 1 aromatic rings. The number of aromatic nitrogens is 1. The number of carboxylic acids is 1. The number of carboxylic acid groups (broad SMARTS) is 1. The van der Waals surface area contributed by atoms with Gasteiger partial charge in [-0.1, -0.05) is 17.8 Å². The summed E-state index contributed by atoms with van der Waals surface area (Å²) in [5.74, 6) is -2.03. The first kappa shape index (κ1) is 25.1. The molecule has 14 heteroatoms. The van der Waals surface area contributed by atoms with E-state index in [-0.39, 0.29) is 45.9 Å². The van der Waals surface area contributed by atoms with Gasteiger partial charge in [0.05, 0.1) is 11.8 Å². The zero-order valence-corrected chi connectivity index (χ0v) is 18.0. The molecule has 1 saturated heterocycles. The van der Waals surface area contributed by atoms with E-state index >= 15 is 0 Å². The number of carbonyl (C=O) groups excluding carboxylic acids is 3. The van der Waals surface area contributed by atoms with Crippen LogP contribution in [0, 0.1) is 0 Å². The van der Waals surface area contributed by atoms with E-state index in [1.54, 1.807) is 11.8 Å². The van der Waals surface area contributed by atoms with E-state index in [9.17, 15) is 19.2 Å². The molecule has 1 aromatic heterocycles. The predicted molar refractivity (Wildman–Crippen MR) is 114 cm³/mol.